The van der Waals surface area contributed by atoms with E-state index < -0.39 is 0 Å². The molecule has 3 aliphatic rings. The van der Waals surface area contributed by atoms with Crippen LogP contribution in [0.15, 0.2) is 61.2 Å². The van der Waals surface area contributed by atoms with Crippen molar-refractivity contribution >= 4 is 16.9 Å². The van der Waals surface area contributed by atoms with E-state index in [0.29, 0.717) is 17.8 Å². The van der Waals surface area contributed by atoms with Gasteiger partial charge in [0.15, 0.2) is 0 Å². The van der Waals surface area contributed by atoms with E-state index in [2.05, 4.69) is 36.9 Å². The molecule has 2 unspecified atom stereocenters. The summed E-state index contributed by atoms with van der Waals surface area (Å²) >= 11 is 0. The van der Waals surface area contributed by atoms with Crippen molar-refractivity contribution in [3.63, 3.8) is 0 Å². The third-order valence-electron chi connectivity index (χ3n) is 6.35. The summed E-state index contributed by atoms with van der Waals surface area (Å²) in [6, 6.07) is 14.9. The predicted molar refractivity (Wildman–Crippen MR) is 115 cm³/mol. The number of benzene rings is 1. The molecule has 3 saturated heterocycles. The maximum Gasteiger partial charge on any atom is 0.141 e. The molecule has 3 aromatic heterocycles. The minimum absolute atomic E-state index is 0.322. The van der Waals surface area contributed by atoms with Crippen LogP contribution in [0.3, 0.4) is 0 Å². The van der Waals surface area contributed by atoms with Crippen LogP contribution >= 0.6 is 0 Å². The fourth-order valence-corrected chi connectivity index (χ4v) is 4.76. The van der Waals surface area contributed by atoms with E-state index in [1.54, 1.807) is 18.5 Å². The molecule has 0 amide bonds. The van der Waals surface area contributed by atoms with Gasteiger partial charge in [0.1, 0.15) is 23.5 Å². The molecule has 7 heteroatoms. The number of aromatic hydroxyl groups is 1. The van der Waals surface area contributed by atoms with Gasteiger partial charge < -0.3 is 15.0 Å². The van der Waals surface area contributed by atoms with Crippen LogP contribution in [0.4, 0.5) is 5.82 Å². The normalized spacial score (nSPS) is 21.0. The smallest absolute Gasteiger partial charge is 0.141 e. The molecule has 7 rings (SSSR count). The number of piperidine rings is 1. The standard InChI is InChI=1S/C23H22N6O/c30-19-4-1-15(2-5-19)11-29-17-9-18(29)13-28(12-17)21-6-3-16(10-25-21)22-20-7-8-24-23(20)27-14-26-22/h1-8,10,14,17-18,30H,9,11-13H2,(H,24,26,27). The van der Waals surface area contributed by atoms with E-state index in [4.69, 9.17) is 4.98 Å². The second kappa shape index (κ2) is 6.81. The zero-order valence-corrected chi connectivity index (χ0v) is 16.4. The Kier molecular flexibility index (Phi) is 3.95. The van der Waals surface area contributed by atoms with Crippen LogP contribution in [0.1, 0.15) is 12.0 Å². The van der Waals surface area contributed by atoms with Gasteiger partial charge >= 0.3 is 0 Å². The fraction of sp³-hybridized carbons (Fsp3) is 0.261. The lowest BCUT2D eigenvalue weighted by molar-refractivity contribution is -0.00868. The van der Waals surface area contributed by atoms with Crippen molar-refractivity contribution in [2.24, 2.45) is 0 Å². The quantitative estimate of drug-likeness (QED) is 0.550. The van der Waals surface area contributed by atoms with Crippen molar-refractivity contribution in [2.45, 2.75) is 25.0 Å². The van der Waals surface area contributed by atoms with Gasteiger partial charge in [-0.1, -0.05) is 12.1 Å². The highest BCUT2D eigenvalue weighted by atomic mass is 16.3. The molecule has 2 N–H and O–H groups in total. The Hall–Kier alpha value is -3.45. The number of hydrogen-bond acceptors (Lipinski definition) is 6. The molecule has 0 radical (unpaired) electrons. The van der Waals surface area contributed by atoms with Gasteiger partial charge in [0.2, 0.25) is 0 Å². The summed E-state index contributed by atoms with van der Waals surface area (Å²) in [5.41, 5.74) is 4.00. The molecule has 0 saturated carbocycles. The predicted octanol–water partition coefficient (Wildman–Crippen LogP) is 3.19. The highest BCUT2D eigenvalue weighted by Crippen LogP contribution is 2.36. The average molecular weight is 398 g/mol. The van der Waals surface area contributed by atoms with Gasteiger partial charge in [-0.2, -0.15) is 0 Å². The van der Waals surface area contributed by atoms with Crippen LogP contribution < -0.4 is 4.90 Å². The van der Waals surface area contributed by atoms with Crippen molar-refractivity contribution in [2.75, 3.05) is 18.0 Å². The third-order valence-corrected chi connectivity index (χ3v) is 6.35. The molecule has 150 valence electrons. The van der Waals surface area contributed by atoms with Crippen molar-refractivity contribution < 1.29 is 5.11 Å². The number of hydrogen-bond donors (Lipinski definition) is 2. The summed E-state index contributed by atoms with van der Waals surface area (Å²) in [6.45, 7) is 2.93. The highest BCUT2D eigenvalue weighted by Gasteiger charge is 2.44. The minimum atomic E-state index is 0.322. The third kappa shape index (κ3) is 2.90. The van der Waals surface area contributed by atoms with Crippen molar-refractivity contribution in [3.05, 3.63) is 66.7 Å². The number of pyridine rings is 1. The second-order valence-electron chi connectivity index (χ2n) is 8.15. The lowest BCUT2D eigenvalue weighted by Crippen LogP contribution is -2.68. The number of phenols is 1. The van der Waals surface area contributed by atoms with Crippen LogP contribution in [0.2, 0.25) is 0 Å². The van der Waals surface area contributed by atoms with Crippen LogP contribution in [-0.4, -0.2) is 55.1 Å². The van der Waals surface area contributed by atoms with Crippen LogP contribution in [0.25, 0.3) is 22.3 Å². The number of H-pyrrole nitrogens is 1. The Morgan fingerprint density at radius 2 is 1.80 bits per heavy atom. The summed E-state index contributed by atoms with van der Waals surface area (Å²) in [5, 5.41) is 10.5. The van der Waals surface area contributed by atoms with E-state index in [1.807, 2.05) is 30.6 Å². The molecular weight excluding hydrogens is 376 g/mol. The average Bonchev–Trinajstić information content (AvgIpc) is 3.28. The topological polar surface area (TPSA) is 81.2 Å². The first-order valence-corrected chi connectivity index (χ1v) is 10.3. The lowest BCUT2D eigenvalue weighted by atomic mass is 9.86. The van der Waals surface area contributed by atoms with Crippen LogP contribution in [0.5, 0.6) is 5.75 Å². The van der Waals surface area contributed by atoms with E-state index >= 15 is 0 Å². The summed E-state index contributed by atoms with van der Waals surface area (Å²) in [6.07, 6.45) is 6.63. The zero-order chi connectivity index (χ0) is 20.1. The fourth-order valence-electron chi connectivity index (χ4n) is 4.76. The van der Waals surface area contributed by atoms with Gasteiger partial charge in [0.05, 0.1) is 5.69 Å². The van der Waals surface area contributed by atoms with E-state index in [9.17, 15) is 5.11 Å². The first-order chi connectivity index (χ1) is 14.7. The van der Waals surface area contributed by atoms with Crippen molar-refractivity contribution in [1.82, 2.24) is 24.8 Å². The molecule has 0 aliphatic carbocycles. The first kappa shape index (κ1) is 17.4. The van der Waals surface area contributed by atoms with Crippen LogP contribution in [0, 0.1) is 0 Å². The number of anilines is 1. The molecule has 1 aromatic carbocycles. The van der Waals surface area contributed by atoms with Crippen LogP contribution in [-0.2, 0) is 6.54 Å². The molecule has 3 fully saturated rings. The maximum atomic E-state index is 9.48. The monoisotopic (exact) mass is 398 g/mol. The number of fused-ring (bicyclic) bond motifs is 3. The second-order valence-corrected chi connectivity index (χ2v) is 8.15. The molecular formula is C23H22N6O. The van der Waals surface area contributed by atoms with Gasteiger partial charge in [-0.05, 0) is 42.3 Å². The highest BCUT2D eigenvalue weighted by molar-refractivity contribution is 5.90. The number of nitrogens with one attached hydrogen (secondary N) is 1. The molecule has 6 heterocycles. The number of phenolic OH excluding ortho intramolecular Hbond substituents is 1. The van der Waals surface area contributed by atoms with E-state index in [0.717, 1.165) is 47.7 Å². The molecule has 2 atom stereocenters. The number of aromatic amines is 1. The largest absolute Gasteiger partial charge is 0.508 e. The Labute approximate surface area is 174 Å². The zero-order valence-electron chi connectivity index (χ0n) is 16.4. The maximum absolute atomic E-state index is 9.48. The summed E-state index contributed by atoms with van der Waals surface area (Å²) in [7, 11) is 0. The van der Waals surface area contributed by atoms with Gasteiger partial charge in [-0.25, -0.2) is 15.0 Å². The summed E-state index contributed by atoms with van der Waals surface area (Å²) < 4.78 is 0. The Morgan fingerprint density at radius 3 is 2.57 bits per heavy atom. The molecule has 30 heavy (non-hydrogen) atoms. The minimum Gasteiger partial charge on any atom is -0.508 e. The summed E-state index contributed by atoms with van der Waals surface area (Å²) in [5.74, 6) is 1.35. The number of piperazine rings is 1. The Balaban J connectivity index is 1.16. The molecule has 4 aromatic rings. The summed E-state index contributed by atoms with van der Waals surface area (Å²) in [4.78, 5) is 21.6. The number of rotatable bonds is 4. The van der Waals surface area contributed by atoms with Crippen molar-refractivity contribution in [3.8, 4) is 17.0 Å². The Morgan fingerprint density at radius 1 is 0.967 bits per heavy atom. The molecule has 7 nitrogen and oxygen atoms in total. The SMILES string of the molecule is Oc1ccc(CN2C3CC2CN(c2ccc(-c4ncnc5[nH]ccc45)cn2)C3)cc1. The molecule has 2 bridgehead atoms. The lowest BCUT2D eigenvalue weighted by Gasteiger charge is -2.56. The first-order valence-electron chi connectivity index (χ1n) is 10.3. The van der Waals surface area contributed by atoms with Gasteiger partial charge in [0.25, 0.3) is 0 Å². The molecule has 0 spiro atoms. The number of aromatic nitrogens is 4. The van der Waals surface area contributed by atoms with Crippen molar-refractivity contribution in [1.29, 1.82) is 0 Å². The van der Waals surface area contributed by atoms with Gasteiger partial charge in [-0.15, -0.1) is 0 Å². The molecule has 3 aliphatic heterocycles. The van der Waals surface area contributed by atoms with E-state index in [1.165, 1.54) is 12.0 Å². The number of nitrogens with zero attached hydrogens (tertiary/aromatic N) is 5. The van der Waals surface area contributed by atoms with Gasteiger partial charge in [-0.3, -0.25) is 4.90 Å². The van der Waals surface area contributed by atoms with E-state index in [-0.39, 0.29) is 0 Å². The Bertz CT molecular complexity index is 1170. The van der Waals surface area contributed by atoms with Gasteiger partial charge in [0, 0.05) is 55.1 Å².